The summed E-state index contributed by atoms with van der Waals surface area (Å²) < 4.78 is 37.4. The number of likely N-dealkylation sites (tertiary alicyclic amines) is 2. The molecule has 0 aromatic carbocycles. The summed E-state index contributed by atoms with van der Waals surface area (Å²) >= 11 is 1.61. The molecule has 1 aromatic heterocycles. The molecule has 0 spiro atoms. The van der Waals surface area contributed by atoms with Crippen LogP contribution in [0.2, 0.25) is 0 Å². The van der Waals surface area contributed by atoms with E-state index in [0.29, 0.717) is 6.42 Å². The Balaban J connectivity index is 1.71. The van der Waals surface area contributed by atoms with Crippen molar-refractivity contribution in [1.29, 1.82) is 0 Å². The molecular weight excluding hydrogens is 301 g/mol. The van der Waals surface area contributed by atoms with Crippen molar-refractivity contribution >= 4 is 17.2 Å². The number of nitrogens with zero attached hydrogens (tertiary/aromatic N) is 2. The molecule has 0 unspecified atom stereocenters. The highest BCUT2D eigenvalue weighted by Gasteiger charge is 2.44. The van der Waals surface area contributed by atoms with Crippen LogP contribution in [-0.4, -0.2) is 47.6 Å². The first-order valence-corrected chi connectivity index (χ1v) is 8.03. The Morgan fingerprint density at radius 3 is 2.71 bits per heavy atom. The molecule has 7 heteroatoms. The van der Waals surface area contributed by atoms with E-state index in [-0.39, 0.29) is 24.5 Å². The van der Waals surface area contributed by atoms with Gasteiger partial charge in [0, 0.05) is 12.6 Å². The Kier molecular flexibility index (Phi) is 3.96. The lowest BCUT2D eigenvalue weighted by Gasteiger charge is -2.29. The number of rotatable bonds is 3. The molecule has 0 bridgehead atoms. The van der Waals surface area contributed by atoms with Gasteiger partial charge in [0.2, 0.25) is 5.91 Å². The van der Waals surface area contributed by atoms with Crippen LogP contribution in [-0.2, 0) is 4.79 Å². The lowest BCUT2D eigenvalue weighted by Crippen LogP contribution is -2.43. The fraction of sp³-hybridized carbons (Fsp3) is 0.643. The van der Waals surface area contributed by atoms with E-state index >= 15 is 0 Å². The zero-order valence-electron chi connectivity index (χ0n) is 11.5. The minimum atomic E-state index is -4.32. The van der Waals surface area contributed by atoms with Crippen LogP contribution in [0.25, 0.3) is 0 Å². The van der Waals surface area contributed by atoms with Crippen LogP contribution in [0.3, 0.4) is 0 Å². The van der Waals surface area contributed by atoms with Gasteiger partial charge in [-0.3, -0.25) is 9.69 Å². The van der Waals surface area contributed by atoms with E-state index in [1.807, 2.05) is 11.4 Å². The third-order valence-electron chi connectivity index (χ3n) is 4.26. The largest absolute Gasteiger partial charge is 0.406 e. The highest BCUT2D eigenvalue weighted by Crippen LogP contribution is 2.37. The normalized spacial score (nSPS) is 27.8. The summed E-state index contributed by atoms with van der Waals surface area (Å²) in [6.45, 7) is -0.133. The van der Waals surface area contributed by atoms with Gasteiger partial charge >= 0.3 is 6.18 Å². The fourth-order valence-corrected chi connectivity index (χ4v) is 4.10. The monoisotopic (exact) mass is 318 g/mol. The molecule has 1 amide bonds. The van der Waals surface area contributed by atoms with E-state index in [1.54, 1.807) is 11.3 Å². The summed E-state index contributed by atoms with van der Waals surface area (Å²) in [7, 11) is 0. The van der Waals surface area contributed by atoms with Crippen LogP contribution < -0.4 is 0 Å². The van der Waals surface area contributed by atoms with Crippen molar-refractivity contribution in [2.45, 2.75) is 37.5 Å². The molecule has 2 saturated heterocycles. The van der Waals surface area contributed by atoms with E-state index in [0.717, 1.165) is 24.3 Å². The zero-order chi connectivity index (χ0) is 15.0. The van der Waals surface area contributed by atoms with Crippen LogP contribution in [0.5, 0.6) is 0 Å². The van der Waals surface area contributed by atoms with Gasteiger partial charge in [-0.25, -0.2) is 0 Å². The minimum Gasteiger partial charge on any atom is -0.332 e. The van der Waals surface area contributed by atoms with E-state index in [4.69, 9.17) is 0 Å². The molecule has 3 rings (SSSR count). The molecule has 2 aliphatic heterocycles. The molecule has 2 fully saturated rings. The summed E-state index contributed by atoms with van der Waals surface area (Å²) in [5.41, 5.74) is 1.18. The number of amides is 1. The highest BCUT2D eigenvalue weighted by atomic mass is 32.1. The van der Waals surface area contributed by atoms with Gasteiger partial charge in [0.25, 0.3) is 0 Å². The van der Waals surface area contributed by atoms with Gasteiger partial charge in [0.05, 0.1) is 6.04 Å². The van der Waals surface area contributed by atoms with Crippen molar-refractivity contribution in [3.63, 3.8) is 0 Å². The maximum Gasteiger partial charge on any atom is 0.406 e. The number of carbonyl (C=O) groups is 1. The molecule has 0 aliphatic carbocycles. The third kappa shape index (κ3) is 3.08. The van der Waals surface area contributed by atoms with E-state index < -0.39 is 12.7 Å². The Labute approximate surface area is 125 Å². The maximum atomic E-state index is 12.5. The Morgan fingerprint density at radius 2 is 2.05 bits per heavy atom. The number of carbonyl (C=O) groups excluding carboxylic acids is 1. The van der Waals surface area contributed by atoms with Crippen molar-refractivity contribution in [2.75, 3.05) is 19.6 Å². The van der Waals surface area contributed by atoms with Crippen LogP contribution in [0, 0.1) is 0 Å². The molecule has 1 aromatic rings. The molecule has 0 radical (unpaired) electrons. The molecule has 3 nitrogen and oxygen atoms in total. The Morgan fingerprint density at radius 1 is 1.24 bits per heavy atom. The predicted molar refractivity (Wildman–Crippen MR) is 74.0 cm³/mol. The minimum absolute atomic E-state index is 0.177. The zero-order valence-corrected chi connectivity index (χ0v) is 12.3. The molecular formula is C14H17F3N2OS. The topological polar surface area (TPSA) is 23.6 Å². The van der Waals surface area contributed by atoms with Crippen LogP contribution >= 0.6 is 11.3 Å². The second kappa shape index (κ2) is 5.61. The van der Waals surface area contributed by atoms with Crippen molar-refractivity contribution in [2.24, 2.45) is 0 Å². The number of thiophene rings is 1. The summed E-state index contributed by atoms with van der Waals surface area (Å²) in [6.07, 6.45) is -1.86. The smallest absolute Gasteiger partial charge is 0.332 e. The molecule has 21 heavy (non-hydrogen) atoms. The van der Waals surface area contributed by atoms with Gasteiger partial charge in [-0.1, -0.05) is 0 Å². The summed E-state index contributed by atoms with van der Waals surface area (Å²) in [5.74, 6) is -0.366. The average Bonchev–Trinajstić information content (AvgIpc) is 3.09. The van der Waals surface area contributed by atoms with Gasteiger partial charge in [0.1, 0.15) is 6.54 Å². The Bertz CT molecular complexity index is 503. The lowest BCUT2D eigenvalue weighted by atomic mass is 10.1. The maximum absolute atomic E-state index is 12.5. The number of hydrogen-bond donors (Lipinski definition) is 0. The SMILES string of the molecule is O=C1[C@H](N2CCC[C@H]2c2ccsc2)CCN1CC(F)(F)F. The summed E-state index contributed by atoms with van der Waals surface area (Å²) in [6, 6.07) is 1.83. The second-order valence-corrected chi connectivity index (χ2v) is 6.41. The molecule has 3 heterocycles. The second-order valence-electron chi connectivity index (χ2n) is 5.63. The lowest BCUT2D eigenvalue weighted by molar-refractivity contribution is -0.159. The van der Waals surface area contributed by atoms with Gasteiger partial charge in [-0.05, 0) is 48.2 Å². The van der Waals surface area contributed by atoms with Crippen molar-refractivity contribution in [3.8, 4) is 0 Å². The molecule has 0 N–H and O–H groups in total. The average molecular weight is 318 g/mol. The first-order chi connectivity index (χ1) is 9.96. The fourth-order valence-electron chi connectivity index (χ4n) is 3.39. The number of hydrogen-bond acceptors (Lipinski definition) is 3. The number of alkyl halides is 3. The summed E-state index contributed by atoms with van der Waals surface area (Å²) in [4.78, 5) is 15.3. The number of halogens is 3. The van der Waals surface area contributed by atoms with Gasteiger partial charge < -0.3 is 4.90 Å². The highest BCUT2D eigenvalue weighted by molar-refractivity contribution is 7.07. The summed E-state index contributed by atoms with van der Waals surface area (Å²) in [5, 5.41) is 4.06. The standard InChI is InChI=1S/C14H17F3N2OS/c15-14(16,17)9-18-6-3-12(13(18)20)19-5-1-2-11(19)10-4-7-21-8-10/h4,7-8,11-12H,1-3,5-6,9H2/t11-,12+/m0/s1. The van der Waals surface area contributed by atoms with Crippen LogP contribution in [0.4, 0.5) is 13.2 Å². The molecule has 0 saturated carbocycles. The van der Waals surface area contributed by atoms with Gasteiger partial charge in [0.15, 0.2) is 0 Å². The van der Waals surface area contributed by atoms with Crippen molar-refractivity contribution in [1.82, 2.24) is 9.80 Å². The van der Waals surface area contributed by atoms with E-state index in [1.165, 1.54) is 5.56 Å². The third-order valence-corrected chi connectivity index (χ3v) is 4.96. The van der Waals surface area contributed by atoms with Crippen LogP contribution in [0.15, 0.2) is 16.8 Å². The predicted octanol–water partition coefficient (Wildman–Crippen LogP) is 3.05. The van der Waals surface area contributed by atoms with Crippen LogP contribution in [0.1, 0.15) is 30.9 Å². The van der Waals surface area contributed by atoms with Crippen molar-refractivity contribution in [3.05, 3.63) is 22.4 Å². The van der Waals surface area contributed by atoms with Gasteiger partial charge in [-0.2, -0.15) is 24.5 Å². The Hall–Kier alpha value is -1.08. The molecule has 2 atom stereocenters. The van der Waals surface area contributed by atoms with E-state index in [2.05, 4.69) is 10.3 Å². The van der Waals surface area contributed by atoms with E-state index in [9.17, 15) is 18.0 Å². The molecule has 2 aliphatic rings. The first-order valence-electron chi connectivity index (χ1n) is 7.09. The quantitative estimate of drug-likeness (QED) is 0.855. The van der Waals surface area contributed by atoms with Gasteiger partial charge in [-0.15, -0.1) is 0 Å². The van der Waals surface area contributed by atoms with Crippen molar-refractivity contribution < 1.29 is 18.0 Å². The molecule has 116 valence electrons. The first kappa shape index (κ1) is 14.8.